The number of nitrogens with one attached hydrogen (secondary N) is 1. The minimum absolute atomic E-state index is 0.247. The van der Waals surface area contributed by atoms with Gasteiger partial charge in [-0.25, -0.2) is 9.59 Å². The van der Waals surface area contributed by atoms with Gasteiger partial charge < -0.3 is 15.3 Å². The zero-order chi connectivity index (χ0) is 12.8. The summed E-state index contributed by atoms with van der Waals surface area (Å²) in [7, 11) is 0. The molecular formula is C11H20N2O3S. The van der Waals surface area contributed by atoms with E-state index in [0.717, 1.165) is 18.6 Å². The van der Waals surface area contributed by atoms with Gasteiger partial charge in [0.1, 0.15) is 6.04 Å². The van der Waals surface area contributed by atoms with Crippen LogP contribution in [0.3, 0.4) is 0 Å². The molecule has 5 nitrogen and oxygen atoms in total. The number of carbonyl (C=O) groups is 2. The number of carboxylic acid groups (broad SMARTS) is 1. The molecule has 0 aromatic rings. The number of rotatable bonds is 7. The van der Waals surface area contributed by atoms with Gasteiger partial charge in [0, 0.05) is 12.6 Å². The van der Waals surface area contributed by atoms with Gasteiger partial charge >= 0.3 is 12.0 Å². The van der Waals surface area contributed by atoms with Gasteiger partial charge in [-0.15, -0.1) is 0 Å². The van der Waals surface area contributed by atoms with Crippen molar-refractivity contribution in [2.45, 2.75) is 38.3 Å². The topological polar surface area (TPSA) is 69.6 Å². The molecule has 0 heterocycles. The van der Waals surface area contributed by atoms with Crippen LogP contribution in [0.25, 0.3) is 0 Å². The SMILES string of the molecule is CCN(C(=O)N[C@@H](CCSC)C(=O)O)C1CC1. The fourth-order valence-electron chi connectivity index (χ4n) is 1.68. The zero-order valence-corrected chi connectivity index (χ0v) is 11.1. The first-order chi connectivity index (χ1) is 8.10. The van der Waals surface area contributed by atoms with Crippen LogP contribution in [0.1, 0.15) is 26.2 Å². The summed E-state index contributed by atoms with van der Waals surface area (Å²) in [6.45, 7) is 2.54. The molecule has 2 N–H and O–H groups in total. The fraction of sp³-hybridized carbons (Fsp3) is 0.818. The summed E-state index contributed by atoms with van der Waals surface area (Å²) in [5, 5.41) is 11.6. The van der Waals surface area contributed by atoms with Gasteiger partial charge in [-0.2, -0.15) is 11.8 Å². The first-order valence-corrected chi connectivity index (χ1v) is 7.28. The predicted molar refractivity (Wildman–Crippen MR) is 68.4 cm³/mol. The molecule has 1 aliphatic carbocycles. The maximum Gasteiger partial charge on any atom is 0.326 e. The van der Waals surface area contributed by atoms with Crippen LogP contribution < -0.4 is 5.32 Å². The van der Waals surface area contributed by atoms with Gasteiger partial charge in [0.05, 0.1) is 0 Å². The molecule has 17 heavy (non-hydrogen) atoms. The second kappa shape index (κ2) is 6.74. The van der Waals surface area contributed by atoms with E-state index in [-0.39, 0.29) is 6.03 Å². The number of urea groups is 1. The highest BCUT2D eigenvalue weighted by Gasteiger charge is 2.33. The number of hydrogen-bond acceptors (Lipinski definition) is 3. The maximum absolute atomic E-state index is 11.9. The molecule has 1 fully saturated rings. The van der Waals surface area contributed by atoms with Crippen molar-refractivity contribution in [1.29, 1.82) is 0 Å². The standard InChI is InChI=1S/C11H20N2O3S/c1-3-13(8-4-5-8)11(16)12-9(10(14)15)6-7-17-2/h8-9H,3-7H2,1-2H3,(H,12,16)(H,14,15)/t9-/m0/s1. The molecule has 0 aliphatic heterocycles. The Kier molecular flexibility index (Phi) is 5.61. The molecule has 1 saturated carbocycles. The van der Waals surface area contributed by atoms with Crippen LogP contribution in [-0.4, -0.2) is 52.6 Å². The molecule has 1 aliphatic rings. The summed E-state index contributed by atoms with van der Waals surface area (Å²) in [5.41, 5.74) is 0. The Bertz CT molecular complexity index is 282. The first kappa shape index (κ1) is 14.2. The van der Waals surface area contributed by atoms with Gasteiger partial charge in [0.25, 0.3) is 0 Å². The number of carboxylic acids is 1. The fourth-order valence-corrected chi connectivity index (χ4v) is 2.15. The Morgan fingerprint density at radius 3 is 2.59 bits per heavy atom. The second-order valence-corrected chi connectivity index (χ2v) is 5.12. The monoisotopic (exact) mass is 260 g/mol. The molecule has 6 heteroatoms. The lowest BCUT2D eigenvalue weighted by atomic mass is 10.2. The van der Waals surface area contributed by atoms with Crippen LogP contribution in [0.15, 0.2) is 0 Å². The minimum Gasteiger partial charge on any atom is -0.480 e. The molecule has 0 aromatic heterocycles. The van der Waals surface area contributed by atoms with E-state index in [1.165, 1.54) is 0 Å². The molecule has 0 bridgehead atoms. The van der Waals surface area contributed by atoms with Crippen LogP contribution in [0, 0.1) is 0 Å². The Morgan fingerprint density at radius 1 is 1.53 bits per heavy atom. The van der Waals surface area contributed by atoms with Gasteiger partial charge in [-0.1, -0.05) is 0 Å². The van der Waals surface area contributed by atoms with Crippen molar-refractivity contribution in [1.82, 2.24) is 10.2 Å². The Balaban J connectivity index is 2.46. The number of thioether (sulfide) groups is 1. The third-order valence-electron chi connectivity index (χ3n) is 2.80. The van der Waals surface area contributed by atoms with Gasteiger partial charge in [-0.05, 0) is 38.2 Å². The lowest BCUT2D eigenvalue weighted by Crippen LogP contribution is -2.48. The zero-order valence-electron chi connectivity index (χ0n) is 10.3. The molecule has 98 valence electrons. The Labute approximate surface area is 106 Å². The van der Waals surface area contributed by atoms with Crippen molar-refractivity contribution in [3.05, 3.63) is 0 Å². The normalized spacial score (nSPS) is 16.4. The first-order valence-electron chi connectivity index (χ1n) is 5.89. The average molecular weight is 260 g/mol. The van der Waals surface area contributed by atoms with E-state index in [2.05, 4.69) is 5.32 Å². The molecule has 1 rings (SSSR count). The van der Waals surface area contributed by atoms with E-state index >= 15 is 0 Å². The highest BCUT2D eigenvalue weighted by atomic mass is 32.2. The van der Waals surface area contributed by atoms with Gasteiger partial charge in [-0.3, -0.25) is 0 Å². The van der Waals surface area contributed by atoms with E-state index in [0.29, 0.717) is 19.0 Å². The average Bonchev–Trinajstić information content (AvgIpc) is 3.09. The maximum atomic E-state index is 11.9. The van der Waals surface area contributed by atoms with Crippen molar-refractivity contribution < 1.29 is 14.7 Å². The number of hydrogen-bond donors (Lipinski definition) is 2. The highest BCUT2D eigenvalue weighted by Crippen LogP contribution is 2.26. The quantitative estimate of drug-likeness (QED) is 0.725. The van der Waals surface area contributed by atoms with Crippen molar-refractivity contribution in [2.75, 3.05) is 18.6 Å². The van der Waals surface area contributed by atoms with Gasteiger partial charge in [0.15, 0.2) is 0 Å². The van der Waals surface area contributed by atoms with E-state index < -0.39 is 12.0 Å². The summed E-state index contributed by atoms with van der Waals surface area (Å²) in [6, 6.07) is -0.707. The summed E-state index contributed by atoms with van der Waals surface area (Å²) in [5.74, 6) is -0.230. The lowest BCUT2D eigenvalue weighted by molar-refractivity contribution is -0.139. The van der Waals surface area contributed by atoms with Crippen molar-refractivity contribution in [3.63, 3.8) is 0 Å². The number of carbonyl (C=O) groups excluding carboxylic acids is 1. The molecule has 0 radical (unpaired) electrons. The lowest BCUT2D eigenvalue weighted by Gasteiger charge is -2.23. The van der Waals surface area contributed by atoms with Crippen molar-refractivity contribution in [3.8, 4) is 0 Å². The smallest absolute Gasteiger partial charge is 0.326 e. The predicted octanol–water partition coefficient (Wildman–Crippen LogP) is 1.39. The van der Waals surface area contributed by atoms with E-state index in [1.54, 1.807) is 16.7 Å². The second-order valence-electron chi connectivity index (χ2n) is 4.14. The van der Waals surface area contributed by atoms with E-state index in [9.17, 15) is 9.59 Å². The third-order valence-corrected chi connectivity index (χ3v) is 3.44. The summed E-state index contributed by atoms with van der Waals surface area (Å²) in [4.78, 5) is 24.6. The van der Waals surface area contributed by atoms with Crippen molar-refractivity contribution >= 4 is 23.8 Å². The number of aliphatic carboxylic acids is 1. The molecule has 0 saturated heterocycles. The molecule has 0 aromatic carbocycles. The van der Waals surface area contributed by atoms with E-state index in [4.69, 9.17) is 5.11 Å². The number of nitrogens with zero attached hydrogens (tertiary/aromatic N) is 1. The molecule has 0 spiro atoms. The van der Waals surface area contributed by atoms with Crippen LogP contribution in [0.2, 0.25) is 0 Å². The Morgan fingerprint density at radius 2 is 2.18 bits per heavy atom. The summed E-state index contributed by atoms with van der Waals surface area (Å²) in [6.07, 6.45) is 4.45. The third kappa shape index (κ3) is 4.46. The minimum atomic E-state index is -0.959. The van der Waals surface area contributed by atoms with Crippen LogP contribution >= 0.6 is 11.8 Å². The summed E-state index contributed by atoms with van der Waals surface area (Å²) >= 11 is 1.58. The molecular weight excluding hydrogens is 240 g/mol. The summed E-state index contributed by atoms with van der Waals surface area (Å²) < 4.78 is 0. The van der Waals surface area contributed by atoms with Crippen molar-refractivity contribution in [2.24, 2.45) is 0 Å². The Hall–Kier alpha value is -0.910. The highest BCUT2D eigenvalue weighted by molar-refractivity contribution is 7.98. The van der Waals surface area contributed by atoms with Gasteiger partial charge in [0.2, 0.25) is 0 Å². The largest absolute Gasteiger partial charge is 0.480 e. The molecule has 0 unspecified atom stereocenters. The van der Waals surface area contributed by atoms with Crippen LogP contribution in [0.5, 0.6) is 0 Å². The van der Waals surface area contributed by atoms with Crippen LogP contribution in [0.4, 0.5) is 4.79 Å². The molecule has 2 amide bonds. The van der Waals surface area contributed by atoms with E-state index in [1.807, 2.05) is 13.2 Å². The van der Waals surface area contributed by atoms with Crippen LogP contribution in [-0.2, 0) is 4.79 Å². The number of amides is 2. The molecule has 1 atom stereocenters.